The van der Waals surface area contributed by atoms with Crippen LogP contribution in [0, 0.1) is 0 Å². The summed E-state index contributed by atoms with van der Waals surface area (Å²) >= 11 is 0. The van der Waals surface area contributed by atoms with E-state index in [9.17, 15) is 51.1 Å². The molecule has 0 bridgehead atoms. The van der Waals surface area contributed by atoms with Crippen LogP contribution in [0.4, 0.5) is 0 Å². The molecule has 3 fully saturated rings. The van der Waals surface area contributed by atoms with Gasteiger partial charge in [-0.15, -0.1) is 0 Å². The van der Waals surface area contributed by atoms with Crippen molar-refractivity contribution in [2.24, 2.45) is 0 Å². The Labute approximate surface area is 187 Å². The van der Waals surface area contributed by atoms with Crippen LogP contribution in [-0.4, -0.2) is 157 Å². The minimum absolute atomic E-state index is 0.237. The third kappa shape index (κ3) is 5.64. The highest BCUT2D eigenvalue weighted by molar-refractivity contribution is 4.95. The van der Waals surface area contributed by atoms with Gasteiger partial charge in [0.1, 0.15) is 61.0 Å². The molecule has 3 saturated heterocycles. The molecule has 33 heavy (non-hydrogen) atoms. The van der Waals surface area contributed by atoms with Crippen LogP contribution in [0.3, 0.4) is 0 Å². The predicted molar refractivity (Wildman–Crippen MR) is 99.9 cm³/mol. The first kappa shape index (κ1) is 27.0. The maximum absolute atomic E-state index is 10.6. The van der Waals surface area contributed by atoms with Crippen LogP contribution in [0.2, 0.25) is 0 Å². The summed E-state index contributed by atoms with van der Waals surface area (Å²) in [5, 5.41) is 98.9. The van der Waals surface area contributed by atoms with Gasteiger partial charge in [0, 0.05) is 6.42 Å². The van der Waals surface area contributed by atoms with E-state index in [4.69, 9.17) is 23.7 Å². The average molecular weight is 488 g/mol. The molecule has 194 valence electrons. The van der Waals surface area contributed by atoms with Gasteiger partial charge in [-0.3, -0.25) is 0 Å². The second-order valence-corrected chi connectivity index (χ2v) is 8.22. The van der Waals surface area contributed by atoms with Gasteiger partial charge in [-0.25, -0.2) is 0 Å². The molecule has 0 saturated carbocycles. The highest BCUT2D eigenvalue weighted by Crippen LogP contribution is 2.31. The number of hydrogen-bond acceptors (Lipinski definition) is 15. The summed E-state index contributed by atoms with van der Waals surface area (Å²) in [7, 11) is 0. The largest absolute Gasteiger partial charge is 0.394 e. The number of aliphatic hydroxyl groups excluding tert-OH is 10. The molecule has 0 aliphatic carbocycles. The lowest BCUT2D eigenvalue weighted by Crippen LogP contribution is -2.65. The van der Waals surface area contributed by atoms with Gasteiger partial charge in [-0.05, 0) is 0 Å². The lowest BCUT2D eigenvalue weighted by atomic mass is 9.96. The Hall–Kier alpha value is -0.600. The number of hydrogen-bond donors (Lipinski definition) is 10. The van der Waals surface area contributed by atoms with Gasteiger partial charge in [-0.1, -0.05) is 0 Å². The molecule has 3 aliphatic rings. The van der Waals surface area contributed by atoms with Gasteiger partial charge in [-0.2, -0.15) is 0 Å². The number of ether oxygens (including phenoxy) is 5. The van der Waals surface area contributed by atoms with Crippen LogP contribution in [0.1, 0.15) is 6.42 Å². The van der Waals surface area contributed by atoms with Gasteiger partial charge < -0.3 is 74.7 Å². The monoisotopic (exact) mass is 488 g/mol. The number of aliphatic hydroxyl groups is 10. The van der Waals surface area contributed by atoms with Crippen LogP contribution in [0.5, 0.6) is 0 Å². The topological polar surface area (TPSA) is 248 Å². The lowest BCUT2D eigenvalue weighted by Gasteiger charge is -2.47. The van der Waals surface area contributed by atoms with E-state index < -0.39 is 106 Å². The van der Waals surface area contributed by atoms with Crippen molar-refractivity contribution in [1.82, 2.24) is 0 Å². The average Bonchev–Trinajstić information content (AvgIpc) is 2.80. The van der Waals surface area contributed by atoms with Crippen molar-refractivity contribution in [3.8, 4) is 0 Å². The summed E-state index contributed by atoms with van der Waals surface area (Å²) in [5.74, 6) is 0. The first-order valence-corrected chi connectivity index (χ1v) is 10.5. The summed E-state index contributed by atoms with van der Waals surface area (Å²) in [6.07, 6.45) is -21.4. The van der Waals surface area contributed by atoms with Crippen LogP contribution in [0.15, 0.2) is 0 Å². The third-order valence-electron chi connectivity index (χ3n) is 5.98. The summed E-state index contributed by atoms with van der Waals surface area (Å²) in [6, 6.07) is 0. The Morgan fingerprint density at radius 2 is 1.12 bits per heavy atom. The molecule has 3 rings (SSSR count). The third-order valence-corrected chi connectivity index (χ3v) is 5.98. The molecule has 3 heterocycles. The maximum Gasteiger partial charge on any atom is 0.187 e. The van der Waals surface area contributed by atoms with E-state index in [1.54, 1.807) is 0 Å². The summed E-state index contributed by atoms with van der Waals surface area (Å²) < 4.78 is 26.8. The van der Waals surface area contributed by atoms with Crippen molar-refractivity contribution < 1.29 is 74.7 Å². The smallest absolute Gasteiger partial charge is 0.187 e. The predicted octanol–water partition coefficient (Wildman–Crippen LogP) is -6.54. The van der Waals surface area contributed by atoms with Crippen LogP contribution < -0.4 is 0 Å². The van der Waals surface area contributed by atoms with E-state index in [2.05, 4.69) is 0 Å². The molecule has 14 atom stereocenters. The van der Waals surface area contributed by atoms with E-state index >= 15 is 0 Å². The van der Waals surface area contributed by atoms with E-state index in [0.717, 1.165) is 0 Å². The first-order valence-electron chi connectivity index (χ1n) is 10.5. The molecule has 0 aromatic carbocycles. The SMILES string of the molecule is OC[C@H]1O[C@H](O[C@@H]2[C@H](O)[C@@H](O)[C@H](O[C@H]3[C@H](O)[C@@H](O)[C@H](O)O[C@@H]3CO)O[C@@H]2CO)C[C@@H](O)[C@H]1O. The molecule has 15 nitrogen and oxygen atoms in total. The molecule has 0 spiro atoms. The van der Waals surface area contributed by atoms with Crippen LogP contribution in [-0.2, 0) is 23.7 Å². The molecule has 3 aliphatic heterocycles. The van der Waals surface area contributed by atoms with E-state index in [1.165, 1.54) is 0 Å². The number of rotatable bonds is 7. The molecule has 0 aromatic heterocycles. The highest BCUT2D eigenvalue weighted by atomic mass is 16.7. The minimum Gasteiger partial charge on any atom is -0.394 e. The zero-order valence-electron chi connectivity index (χ0n) is 17.4. The summed E-state index contributed by atoms with van der Waals surface area (Å²) in [5.41, 5.74) is 0. The molecule has 10 N–H and O–H groups in total. The molecule has 0 unspecified atom stereocenters. The van der Waals surface area contributed by atoms with Gasteiger partial charge in [0.15, 0.2) is 18.9 Å². The van der Waals surface area contributed by atoms with Crippen molar-refractivity contribution in [3.63, 3.8) is 0 Å². The molecule has 0 amide bonds. The van der Waals surface area contributed by atoms with Crippen LogP contribution >= 0.6 is 0 Å². The van der Waals surface area contributed by atoms with Gasteiger partial charge in [0.2, 0.25) is 0 Å². The quantitative estimate of drug-likeness (QED) is 0.160. The second kappa shape index (κ2) is 11.4. The molecular weight excluding hydrogens is 456 g/mol. The van der Waals surface area contributed by atoms with Crippen molar-refractivity contribution >= 4 is 0 Å². The molecule has 15 heteroatoms. The van der Waals surface area contributed by atoms with Gasteiger partial charge >= 0.3 is 0 Å². The Bertz CT molecular complexity index is 607. The Morgan fingerprint density at radius 3 is 1.73 bits per heavy atom. The Kier molecular flexibility index (Phi) is 9.35. The lowest BCUT2D eigenvalue weighted by molar-refractivity contribution is -0.370. The fraction of sp³-hybridized carbons (Fsp3) is 1.00. The van der Waals surface area contributed by atoms with E-state index in [1.807, 2.05) is 0 Å². The zero-order valence-corrected chi connectivity index (χ0v) is 17.4. The summed E-state index contributed by atoms with van der Waals surface area (Å²) in [6.45, 7) is -2.09. The van der Waals surface area contributed by atoms with Crippen molar-refractivity contribution in [3.05, 3.63) is 0 Å². The van der Waals surface area contributed by atoms with E-state index in [0.29, 0.717) is 0 Å². The highest BCUT2D eigenvalue weighted by Gasteiger charge is 2.52. The Balaban J connectivity index is 1.68. The van der Waals surface area contributed by atoms with Crippen molar-refractivity contribution in [1.29, 1.82) is 0 Å². The standard InChI is InChI=1S/C18H32O15/c19-2-6-10(23)5(22)1-9(29-6)32-15-8(4-21)31-18(14(27)12(15)25)33-16-7(3-20)30-17(28)13(26)11(16)24/h5-28H,1-4H2/t5-,6-,7-,8-,9-,10-,11-,12-,13-,14-,15+,16-,17-,18+/m1/s1. The molecule has 0 radical (unpaired) electrons. The second-order valence-electron chi connectivity index (χ2n) is 8.22. The normalized spacial score (nSPS) is 51.5. The van der Waals surface area contributed by atoms with Gasteiger partial charge in [0.05, 0.1) is 25.9 Å². The molecule has 0 aromatic rings. The zero-order chi connectivity index (χ0) is 24.4. The summed E-state index contributed by atoms with van der Waals surface area (Å²) in [4.78, 5) is 0. The van der Waals surface area contributed by atoms with Crippen LogP contribution in [0.25, 0.3) is 0 Å². The Morgan fingerprint density at radius 1 is 0.576 bits per heavy atom. The fourth-order valence-corrected chi connectivity index (χ4v) is 4.05. The van der Waals surface area contributed by atoms with Crippen molar-refractivity contribution in [2.45, 2.75) is 92.4 Å². The molecular formula is C18H32O15. The maximum atomic E-state index is 10.6. The van der Waals surface area contributed by atoms with Gasteiger partial charge in [0.25, 0.3) is 0 Å². The fourth-order valence-electron chi connectivity index (χ4n) is 4.05. The van der Waals surface area contributed by atoms with Crippen molar-refractivity contribution in [2.75, 3.05) is 19.8 Å². The van der Waals surface area contributed by atoms with E-state index in [-0.39, 0.29) is 6.42 Å². The first-order chi connectivity index (χ1) is 15.6. The minimum atomic E-state index is -1.82.